The number of nitrogens with one attached hydrogen (secondary N) is 1. The van der Waals surface area contributed by atoms with E-state index in [0.717, 1.165) is 0 Å². The summed E-state index contributed by atoms with van der Waals surface area (Å²) in [4.78, 5) is 9.87. The minimum Gasteiger partial charge on any atom is -0.273 e. The molecule has 0 rings (SSSR count). The predicted octanol–water partition coefficient (Wildman–Crippen LogP) is 1.56. The molecule has 0 aliphatic heterocycles. The van der Waals surface area contributed by atoms with Gasteiger partial charge in [0.1, 0.15) is 0 Å². The van der Waals surface area contributed by atoms with Crippen molar-refractivity contribution in [2.24, 2.45) is 0 Å². The topological polar surface area (TPSA) is 40.9 Å². The van der Waals surface area contributed by atoms with Crippen molar-refractivity contribution in [3.63, 3.8) is 0 Å². The van der Waals surface area contributed by atoms with Gasteiger partial charge in [0.15, 0.2) is 3.79 Å². The van der Waals surface area contributed by atoms with E-state index in [2.05, 4.69) is 0 Å². The largest absolute Gasteiger partial charge is 0.273 e. The molecule has 0 aromatic carbocycles. The van der Waals surface area contributed by atoms with Crippen LogP contribution in [-0.2, 0) is 4.79 Å². The van der Waals surface area contributed by atoms with Gasteiger partial charge in [-0.2, -0.15) is 0 Å². The molecule has 0 aromatic rings. The van der Waals surface area contributed by atoms with Crippen LogP contribution in [0, 0.1) is 0 Å². The van der Waals surface area contributed by atoms with Gasteiger partial charge < -0.3 is 0 Å². The Labute approximate surface area is 61.9 Å². The summed E-state index contributed by atoms with van der Waals surface area (Å²) in [6.45, 7) is 0. The third-order valence-corrected chi connectivity index (χ3v) is 0.762. The lowest BCUT2D eigenvalue weighted by atomic mass is 10.5. The van der Waals surface area contributed by atoms with Gasteiger partial charge in [-0.1, -0.05) is 34.8 Å². The summed E-state index contributed by atoms with van der Waals surface area (Å²) in [5, 5.41) is 0. The molecule has 0 aromatic heterocycles. The summed E-state index contributed by atoms with van der Waals surface area (Å²) >= 11 is 15.4. The maximum Gasteiger partial charge on any atom is 0.242 e. The van der Waals surface area contributed by atoms with E-state index >= 15 is 0 Å². The van der Waals surface area contributed by atoms with Crippen LogP contribution in [0.2, 0.25) is 0 Å². The molecule has 0 spiro atoms. The standard InChI is InChI=1S/C3H3Cl3NO/c4-3(5,6)1-2(7)8/h7H,1H2. The zero-order valence-electron chi connectivity index (χ0n) is 3.75. The van der Waals surface area contributed by atoms with Crippen molar-refractivity contribution < 1.29 is 4.79 Å². The lowest BCUT2D eigenvalue weighted by Gasteiger charge is -2.04. The van der Waals surface area contributed by atoms with E-state index in [4.69, 9.17) is 40.5 Å². The zero-order chi connectivity index (χ0) is 6.78. The molecule has 0 aliphatic rings. The van der Waals surface area contributed by atoms with Gasteiger partial charge in [0.05, 0.1) is 6.42 Å². The maximum atomic E-state index is 9.87. The van der Waals surface area contributed by atoms with Crippen LogP contribution >= 0.6 is 34.8 Å². The van der Waals surface area contributed by atoms with E-state index in [9.17, 15) is 4.79 Å². The SMILES string of the molecule is [NH]C(=O)CC(Cl)(Cl)Cl. The van der Waals surface area contributed by atoms with Crippen LogP contribution in [0.1, 0.15) is 6.42 Å². The minimum absolute atomic E-state index is 0.350. The average Bonchev–Trinajstić information content (AvgIpc) is 1.21. The molecule has 47 valence electrons. The molecule has 0 bridgehead atoms. The summed E-state index contributed by atoms with van der Waals surface area (Å²) in [5.74, 6) is -0.870. The molecule has 0 aliphatic carbocycles. The average molecular weight is 175 g/mol. The monoisotopic (exact) mass is 174 g/mol. The van der Waals surface area contributed by atoms with Gasteiger partial charge in [-0.05, 0) is 0 Å². The molecule has 5 heteroatoms. The van der Waals surface area contributed by atoms with E-state index in [1.807, 2.05) is 0 Å². The maximum absolute atomic E-state index is 9.87. The molecule has 0 unspecified atom stereocenters. The fraction of sp³-hybridized carbons (Fsp3) is 0.667. The highest BCUT2D eigenvalue weighted by Gasteiger charge is 2.22. The first kappa shape index (κ1) is 8.34. The summed E-state index contributed by atoms with van der Waals surface area (Å²) in [6, 6.07) is 0. The molecular weight excluding hydrogens is 172 g/mol. The van der Waals surface area contributed by atoms with Crippen molar-refractivity contribution >= 4 is 40.7 Å². The smallest absolute Gasteiger partial charge is 0.242 e. The number of carbonyl (C=O) groups is 1. The van der Waals surface area contributed by atoms with Crippen LogP contribution in [0.5, 0.6) is 0 Å². The van der Waals surface area contributed by atoms with Gasteiger partial charge in [0, 0.05) is 0 Å². The molecule has 2 nitrogen and oxygen atoms in total. The van der Waals surface area contributed by atoms with Crippen LogP contribution in [-0.4, -0.2) is 9.70 Å². The van der Waals surface area contributed by atoms with Gasteiger partial charge in [0.25, 0.3) is 0 Å². The highest BCUT2D eigenvalue weighted by molar-refractivity contribution is 6.68. The number of carbonyl (C=O) groups excluding carboxylic acids is 1. The number of hydrogen-bond donors (Lipinski definition) is 0. The summed E-state index contributed by atoms with van der Waals surface area (Å²) < 4.78 is -1.60. The number of hydrogen-bond acceptors (Lipinski definition) is 1. The van der Waals surface area contributed by atoms with Gasteiger partial charge in [0.2, 0.25) is 5.91 Å². The van der Waals surface area contributed by atoms with Gasteiger partial charge in [-0.15, -0.1) is 0 Å². The Morgan fingerprint density at radius 2 is 1.88 bits per heavy atom. The number of halogens is 3. The fourth-order valence-electron chi connectivity index (χ4n) is 0.182. The van der Waals surface area contributed by atoms with Crippen molar-refractivity contribution in [3.8, 4) is 0 Å². The highest BCUT2D eigenvalue weighted by Crippen LogP contribution is 2.29. The minimum atomic E-state index is -1.60. The highest BCUT2D eigenvalue weighted by atomic mass is 35.6. The Kier molecular flexibility index (Phi) is 2.88. The van der Waals surface area contributed by atoms with E-state index in [1.165, 1.54) is 0 Å². The van der Waals surface area contributed by atoms with Crippen LogP contribution in [0.25, 0.3) is 0 Å². The van der Waals surface area contributed by atoms with Crippen LogP contribution in [0.15, 0.2) is 0 Å². The molecule has 0 saturated heterocycles. The van der Waals surface area contributed by atoms with Gasteiger partial charge in [-0.3, -0.25) is 10.5 Å². The number of amides is 1. The Hall–Kier alpha value is 0.340. The van der Waals surface area contributed by atoms with Crippen molar-refractivity contribution in [1.29, 1.82) is 0 Å². The molecule has 0 fully saturated rings. The Balaban J connectivity index is 3.55. The second-order valence-electron chi connectivity index (χ2n) is 1.22. The molecule has 0 saturated carbocycles. The van der Waals surface area contributed by atoms with Gasteiger partial charge in [-0.25, -0.2) is 0 Å². The molecule has 8 heavy (non-hydrogen) atoms. The van der Waals surface area contributed by atoms with Crippen molar-refractivity contribution in [2.45, 2.75) is 10.2 Å². The molecule has 0 atom stereocenters. The second kappa shape index (κ2) is 2.76. The summed E-state index contributed by atoms with van der Waals surface area (Å²) in [5.41, 5.74) is 6.34. The summed E-state index contributed by atoms with van der Waals surface area (Å²) in [6.07, 6.45) is -0.350. The van der Waals surface area contributed by atoms with E-state index in [0.29, 0.717) is 0 Å². The normalized spacial score (nSPS) is 11.4. The lowest BCUT2D eigenvalue weighted by molar-refractivity contribution is -0.118. The lowest BCUT2D eigenvalue weighted by Crippen LogP contribution is -2.11. The second-order valence-corrected chi connectivity index (χ2v) is 3.73. The third-order valence-electron chi connectivity index (χ3n) is 0.361. The first-order valence-corrected chi connectivity index (χ1v) is 2.86. The predicted molar refractivity (Wildman–Crippen MR) is 33.0 cm³/mol. The zero-order valence-corrected chi connectivity index (χ0v) is 6.02. The fourth-order valence-corrected chi connectivity index (χ4v) is 0.546. The third kappa shape index (κ3) is 6.34. The first-order valence-electron chi connectivity index (χ1n) is 1.73. The molecule has 1 amide bonds. The van der Waals surface area contributed by atoms with Gasteiger partial charge >= 0.3 is 0 Å². The molecular formula is C3H3Cl3NO. The van der Waals surface area contributed by atoms with Crippen LogP contribution < -0.4 is 5.73 Å². The van der Waals surface area contributed by atoms with Crippen molar-refractivity contribution in [2.75, 3.05) is 0 Å². The molecule has 0 heterocycles. The van der Waals surface area contributed by atoms with Crippen LogP contribution in [0.4, 0.5) is 0 Å². The Morgan fingerprint density at radius 3 is 1.88 bits per heavy atom. The Morgan fingerprint density at radius 1 is 1.50 bits per heavy atom. The number of rotatable bonds is 1. The van der Waals surface area contributed by atoms with E-state index in [-0.39, 0.29) is 6.42 Å². The van der Waals surface area contributed by atoms with E-state index < -0.39 is 9.70 Å². The van der Waals surface area contributed by atoms with Crippen molar-refractivity contribution in [1.82, 2.24) is 5.73 Å². The Bertz CT molecular complexity index is 97.2. The van der Waals surface area contributed by atoms with E-state index in [1.54, 1.807) is 0 Å². The first-order chi connectivity index (χ1) is 3.42. The quantitative estimate of drug-likeness (QED) is 0.558. The molecule has 1 N–H and O–H groups in total. The molecule has 1 radical (unpaired) electrons. The van der Waals surface area contributed by atoms with Crippen molar-refractivity contribution in [3.05, 3.63) is 0 Å². The van der Waals surface area contributed by atoms with Crippen LogP contribution in [0.3, 0.4) is 0 Å². The summed E-state index contributed by atoms with van der Waals surface area (Å²) in [7, 11) is 0. The number of alkyl halides is 3.